The number of hydrogen-bond donors (Lipinski definition) is 1. The quantitative estimate of drug-likeness (QED) is 0.305. The minimum atomic E-state index is -0.951. The molecule has 2 rings (SSSR count). The van der Waals surface area contributed by atoms with E-state index in [0.717, 1.165) is 13.2 Å². The van der Waals surface area contributed by atoms with Gasteiger partial charge >= 0.3 is 5.97 Å². The molecule has 102 valence electrons. The molecule has 0 heterocycles. The number of fused-ring (bicyclic) bond motifs is 1. The monoisotopic (exact) mass is 273 g/mol. The summed E-state index contributed by atoms with van der Waals surface area (Å²) in [4.78, 5) is 21.8. The summed E-state index contributed by atoms with van der Waals surface area (Å²) in [7, 11) is 1.11. The van der Waals surface area contributed by atoms with E-state index in [9.17, 15) is 20.0 Å². The molecular weight excluding hydrogens is 262 g/mol. The lowest BCUT2D eigenvalue weighted by Crippen LogP contribution is -2.04. The van der Waals surface area contributed by atoms with Crippen molar-refractivity contribution in [2.24, 2.45) is 0 Å². The summed E-state index contributed by atoms with van der Waals surface area (Å²) in [6, 6.07) is 9.96. The van der Waals surface area contributed by atoms with Crippen molar-refractivity contribution < 1.29 is 19.6 Å². The summed E-state index contributed by atoms with van der Waals surface area (Å²) in [6.45, 7) is 0. The van der Waals surface area contributed by atoms with E-state index in [1.54, 1.807) is 30.3 Å². The van der Waals surface area contributed by atoms with Crippen LogP contribution in [-0.4, -0.2) is 23.1 Å². The third-order valence-electron chi connectivity index (χ3n) is 2.80. The van der Waals surface area contributed by atoms with Crippen LogP contribution in [0.25, 0.3) is 16.8 Å². The van der Waals surface area contributed by atoms with Crippen molar-refractivity contribution in [2.75, 3.05) is 7.11 Å². The minimum absolute atomic E-state index is 0.136. The van der Waals surface area contributed by atoms with Gasteiger partial charge in [-0.05, 0) is 17.5 Å². The zero-order valence-electron chi connectivity index (χ0n) is 10.6. The third kappa shape index (κ3) is 2.44. The fraction of sp³-hybridized carbons (Fsp3) is 0.0714. The van der Waals surface area contributed by atoms with E-state index in [1.165, 1.54) is 6.07 Å². The number of nitro benzene ring substituents is 1. The summed E-state index contributed by atoms with van der Waals surface area (Å²) < 4.78 is 4.34. The molecule has 0 aliphatic carbocycles. The van der Waals surface area contributed by atoms with Crippen LogP contribution in [0.4, 0.5) is 5.69 Å². The van der Waals surface area contributed by atoms with E-state index >= 15 is 0 Å². The number of ether oxygens (including phenoxy) is 1. The van der Waals surface area contributed by atoms with Crippen molar-refractivity contribution in [2.45, 2.75) is 0 Å². The Balaban J connectivity index is 2.68. The van der Waals surface area contributed by atoms with E-state index in [1.807, 2.05) is 0 Å². The van der Waals surface area contributed by atoms with Crippen LogP contribution >= 0.6 is 0 Å². The number of carbonyl (C=O) groups excluding carboxylic acids is 1. The molecule has 6 heteroatoms. The second-order valence-corrected chi connectivity index (χ2v) is 4.00. The Bertz CT molecular complexity index is 721. The van der Waals surface area contributed by atoms with Crippen molar-refractivity contribution in [3.8, 4) is 0 Å². The van der Waals surface area contributed by atoms with Crippen LogP contribution in [0.5, 0.6) is 0 Å². The molecule has 0 aliphatic rings. The lowest BCUT2D eigenvalue weighted by Gasteiger charge is -2.04. The molecule has 0 aromatic heterocycles. The van der Waals surface area contributed by atoms with E-state index in [-0.39, 0.29) is 11.3 Å². The maximum atomic E-state index is 11.2. The zero-order valence-corrected chi connectivity index (χ0v) is 10.6. The van der Waals surface area contributed by atoms with Crippen molar-refractivity contribution in [3.05, 3.63) is 57.8 Å². The smallest absolute Gasteiger partial charge is 0.373 e. The highest BCUT2D eigenvalue weighted by atomic mass is 16.6. The van der Waals surface area contributed by atoms with Gasteiger partial charge in [-0.25, -0.2) is 4.79 Å². The number of hydrogen-bond acceptors (Lipinski definition) is 5. The Morgan fingerprint density at radius 1 is 1.30 bits per heavy atom. The molecule has 0 unspecified atom stereocenters. The van der Waals surface area contributed by atoms with Gasteiger partial charge in [-0.3, -0.25) is 10.1 Å². The second-order valence-electron chi connectivity index (χ2n) is 4.00. The predicted octanol–water partition coefficient (Wildman–Crippen LogP) is 2.82. The molecule has 6 nitrogen and oxygen atoms in total. The minimum Gasteiger partial charge on any atom is -0.502 e. The van der Waals surface area contributed by atoms with E-state index in [0.29, 0.717) is 10.8 Å². The standard InChI is InChI=1S/C14H11NO5/c1-20-14(17)12(16)8-10-7-6-9-4-2-3-5-11(9)13(10)15(18)19/h2-8,16H,1H3/b12-8-. The van der Waals surface area contributed by atoms with Crippen LogP contribution in [0.15, 0.2) is 42.2 Å². The largest absolute Gasteiger partial charge is 0.502 e. The third-order valence-corrected chi connectivity index (χ3v) is 2.80. The van der Waals surface area contributed by atoms with Gasteiger partial charge in [-0.15, -0.1) is 0 Å². The molecule has 0 amide bonds. The van der Waals surface area contributed by atoms with Crippen LogP contribution in [0.1, 0.15) is 5.56 Å². The molecule has 2 aromatic carbocycles. The molecular formula is C14H11NO5. The highest BCUT2D eigenvalue weighted by Gasteiger charge is 2.18. The Hall–Kier alpha value is -2.89. The molecule has 0 spiro atoms. The second kappa shape index (κ2) is 5.40. The molecule has 0 fully saturated rings. The highest BCUT2D eigenvalue weighted by molar-refractivity contribution is 5.97. The Labute approximate surface area is 114 Å². The topological polar surface area (TPSA) is 89.7 Å². The van der Waals surface area contributed by atoms with Crippen molar-refractivity contribution >= 4 is 28.5 Å². The maximum absolute atomic E-state index is 11.2. The maximum Gasteiger partial charge on any atom is 0.373 e. The van der Waals surface area contributed by atoms with Gasteiger partial charge in [-0.2, -0.15) is 0 Å². The summed E-state index contributed by atoms with van der Waals surface area (Å²) in [5.41, 5.74) is -0.0323. The molecule has 2 aromatic rings. The van der Waals surface area contributed by atoms with Gasteiger partial charge in [0.05, 0.1) is 23.0 Å². The number of methoxy groups -OCH3 is 1. The SMILES string of the molecule is COC(=O)/C(O)=C/c1ccc2ccccc2c1[N+](=O)[O-]. The van der Waals surface area contributed by atoms with Gasteiger partial charge in [0.25, 0.3) is 5.69 Å². The number of aliphatic hydroxyl groups is 1. The first-order valence-corrected chi connectivity index (χ1v) is 5.69. The first kappa shape index (κ1) is 13.5. The van der Waals surface area contributed by atoms with E-state index < -0.39 is 16.7 Å². The number of nitro groups is 1. The molecule has 0 radical (unpaired) electrons. The molecule has 0 aliphatic heterocycles. The van der Waals surface area contributed by atoms with Crippen molar-refractivity contribution in [1.82, 2.24) is 0 Å². The molecule has 0 saturated carbocycles. The van der Waals surface area contributed by atoms with Crippen molar-refractivity contribution in [3.63, 3.8) is 0 Å². The number of aliphatic hydroxyl groups excluding tert-OH is 1. The zero-order chi connectivity index (χ0) is 14.7. The van der Waals surface area contributed by atoms with Gasteiger partial charge in [0, 0.05) is 6.08 Å². The number of carbonyl (C=O) groups is 1. The number of rotatable bonds is 3. The van der Waals surface area contributed by atoms with Gasteiger partial charge in [0.2, 0.25) is 5.76 Å². The van der Waals surface area contributed by atoms with Gasteiger partial charge < -0.3 is 9.84 Å². The number of benzene rings is 2. The van der Waals surface area contributed by atoms with Crippen molar-refractivity contribution in [1.29, 1.82) is 0 Å². The summed E-state index contributed by atoms with van der Waals surface area (Å²) in [6.07, 6.45) is 1.02. The van der Waals surface area contributed by atoms with Crippen LogP contribution in [0.2, 0.25) is 0 Å². The lowest BCUT2D eigenvalue weighted by atomic mass is 10.0. The van der Waals surface area contributed by atoms with Gasteiger partial charge in [0.15, 0.2) is 0 Å². The van der Waals surface area contributed by atoms with E-state index in [4.69, 9.17) is 0 Å². The van der Waals surface area contributed by atoms with Crippen LogP contribution in [-0.2, 0) is 9.53 Å². The first-order chi connectivity index (χ1) is 9.54. The van der Waals surface area contributed by atoms with Crippen LogP contribution < -0.4 is 0 Å². The average molecular weight is 273 g/mol. The summed E-state index contributed by atoms with van der Waals surface area (Å²) in [5.74, 6) is -1.64. The molecule has 1 N–H and O–H groups in total. The molecule has 20 heavy (non-hydrogen) atoms. The van der Waals surface area contributed by atoms with Gasteiger partial charge in [0.1, 0.15) is 0 Å². The number of nitrogens with zero attached hydrogens (tertiary/aromatic N) is 1. The highest BCUT2D eigenvalue weighted by Crippen LogP contribution is 2.30. The summed E-state index contributed by atoms with van der Waals surface area (Å²) >= 11 is 0. The molecule has 0 saturated heterocycles. The Morgan fingerprint density at radius 3 is 2.65 bits per heavy atom. The Morgan fingerprint density at radius 2 is 2.00 bits per heavy atom. The first-order valence-electron chi connectivity index (χ1n) is 5.69. The molecule has 0 bridgehead atoms. The normalized spacial score (nSPS) is 11.3. The van der Waals surface area contributed by atoms with Crippen LogP contribution in [0.3, 0.4) is 0 Å². The van der Waals surface area contributed by atoms with E-state index in [2.05, 4.69) is 4.74 Å². The predicted molar refractivity (Wildman–Crippen MR) is 73.2 cm³/mol. The fourth-order valence-corrected chi connectivity index (χ4v) is 1.90. The molecule has 0 atom stereocenters. The average Bonchev–Trinajstić information content (AvgIpc) is 2.45. The fourth-order valence-electron chi connectivity index (χ4n) is 1.90. The summed E-state index contributed by atoms with van der Waals surface area (Å²) in [5, 5.41) is 21.9. The lowest BCUT2D eigenvalue weighted by molar-refractivity contribution is -0.383. The number of esters is 1. The van der Waals surface area contributed by atoms with Gasteiger partial charge in [-0.1, -0.05) is 24.3 Å². The van der Waals surface area contributed by atoms with Crippen LogP contribution in [0, 0.1) is 10.1 Å². The Kier molecular flexibility index (Phi) is 3.65.